The molecule has 0 aromatic heterocycles. The van der Waals surface area contributed by atoms with Crippen molar-refractivity contribution in [3.8, 4) is 0 Å². The Balaban J connectivity index is 1.90. The van der Waals surface area contributed by atoms with Gasteiger partial charge in [0, 0.05) is 15.7 Å². The molecule has 4 heteroatoms. The van der Waals surface area contributed by atoms with Crippen LogP contribution in [0.5, 0.6) is 0 Å². The van der Waals surface area contributed by atoms with Crippen molar-refractivity contribution < 1.29 is 0 Å². The number of rotatable bonds is 3. The molecule has 1 aromatic rings. The van der Waals surface area contributed by atoms with Gasteiger partial charge in [0.2, 0.25) is 0 Å². The van der Waals surface area contributed by atoms with Crippen molar-refractivity contribution in [1.82, 2.24) is 5.32 Å². The highest BCUT2D eigenvalue weighted by Crippen LogP contribution is 2.31. The summed E-state index contributed by atoms with van der Waals surface area (Å²) in [6.45, 7) is 2.30. The van der Waals surface area contributed by atoms with Crippen LogP contribution in [0.25, 0.3) is 0 Å². The second-order valence-electron chi connectivity index (χ2n) is 4.10. The molecule has 0 amide bonds. The summed E-state index contributed by atoms with van der Waals surface area (Å²) in [6, 6.07) is 5.65. The quantitative estimate of drug-likeness (QED) is 0.835. The lowest BCUT2D eigenvalue weighted by molar-refractivity contribution is 0.410. The van der Waals surface area contributed by atoms with E-state index in [9.17, 15) is 0 Å². The van der Waals surface area contributed by atoms with Crippen molar-refractivity contribution in [2.45, 2.75) is 17.7 Å². The van der Waals surface area contributed by atoms with Crippen LogP contribution in [0, 0.1) is 5.92 Å². The third kappa shape index (κ3) is 3.56. The van der Waals surface area contributed by atoms with Crippen molar-refractivity contribution in [1.29, 1.82) is 0 Å². The van der Waals surface area contributed by atoms with Gasteiger partial charge >= 0.3 is 0 Å². The Hall–Kier alpha value is 0.110. The maximum atomic E-state index is 6.12. The number of hydrogen-bond acceptors (Lipinski definition) is 2. The molecule has 0 saturated carbocycles. The minimum atomic E-state index is 0.758. The summed E-state index contributed by atoms with van der Waals surface area (Å²) in [7, 11) is 0. The number of thioether (sulfide) groups is 1. The molecule has 1 atom stereocenters. The molecule has 0 spiro atoms. The average molecular weight is 276 g/mol. The predicted molar refractivity (Wildman–Crippen MR) is 72.8 cm³/mol. The van der Waals surface area contributed by atoms with E-state index in [1.807, 2.05) is 30.0 Å². The van der Waals surface area contributed by atoms with E-state index in [4.69, 9.17) is 23.2 Å². The molecule has 1 aromatic carbocycles. The molecule has 1 unspecified atom stereocenters. The highest BCUT2D eigenvalue weighted by molar-refractivity contribution is 7.99. The Kier molecular flexibility index (Phi) is 4.83. The molecule has 1 N–H and O–H groups in total. The van der Waals surface area contributed by atoms with Crippen molar-refractivity contribution >= 4 is 35.0 Å². The molecular formula is C12H15Cl2NS. The van der Waals surface area contributed by atoms with Crippen molar-refractivity contribution in [3.63, 3.8) is 0 Å². The molecule has 1 nitrogen and oxygen atoms in total. The summed E-state index contributed by atoms with van der Waals surface area (Å²) in [5.41, 5.74) is 0. The van der Waals surface area contributed by atoms with Crippen LogP contribution in [-0.4, -0.2) is 18.8 Å². The minimum Gasteiger partial charge on any atom is -0.316 e. The fourth-order valence-electron chi connectivity index (χ4n) is 1.86. The number of halogens is 2. The van der Waals surface area contributed by atoms with E-state index in [-0.39, 0.29) is 0 Å². The normalized spacial score (nSPS) is 21.0. The molecule has 88 valence electrons. The van der Waals surface area contributed by atoms with E-state index in [0.29, 0.717) is 0 Å². The van der Waals surface area contributed by atoms with Gasteiger partial charge in [-0.15, -0.1) is 11.8 Å². The summed E-state index contributed by atoms with van der Waals surface area (Å²) in [5, 5.41) is 4.99. The highest BCUT2D eigenvalue weighted by Gasteiger charge is 2.13. The van der Waals surface area contributed by atoms with E-state index in [0.717, 1.165) is 33.2 Å². The molecule has 1 saturated heterocycles. The molecule has 1 aliphatic heterocycles. The molecule has 1 fully saturated rings. The van der Waals surface area contributed by atoms with E-state index < -0.39 is 0 Å². The van der Waals surface area contributed by atoms with E-state index in [1.54, 1.807) is 0 Å². The van der Waals surface area contributed by atoms with Crippen LogP contribution in [0.15, 0.2) is 23.1 Å². The van der Waals surface area contributed by atoms with Gasteiger partial charge in [0.15, 0.2) is 0 Å². The van der Waals surface area contributed by atoms with Crippen molar-refractivity contribution in [3.05, 3.63) is 28.2 Å². The zero-order chi connectivity index (χ0) is 11.4. The summed E-state index contributed by atoms with van der Waals surface area (Å²) in [4.78, 5) is 1.10. The van der Waals surface area contributed by atoms with Gasteiger partial charge < -0.3 is 5.32 Å². The summed E-state index contributed by atoms with van der Waals surface area (Å²) in [6.07, 6.45) is 2.60. The minimum absolute atomic E-state index is 0.758. The first kappa shape index (κ1) is 12.6. The summed E-state index contributed by atoms with van der Waals surface area (Å²) >= 11 is 13.9. The maximum absolute atomic E-state index is 6.12. The number of benzene rings is 1. The lowest BCUT2D eigenvalue weighted by Crippen LogP contribution is -2.30. The molecular weight excluding hydrogens is 261 g/mol. The largest absolute Gasteiger partial charge is 0.316 e. The zero-order valence-electron chi connectivity index (χ0n) is 9.01. The van der Waals surface area contributed by atoms with E-state index in [2.05, 4.69) is 5.32 Å². The lowest BCUT2D eigenvalue weighted by atomic mass is 10.0. The molecule has 1 heterocycles. The Morgan fingerprint density at radius 1 is 1.38 bits per heavy atom. The maximum Gasteiger partial charge on any atom is 0.0542 e. The number of piperidine rings is 1. The fraction of sp³-hybridized carbons (Fsp3) is 0.500. The Morgan fingerprint density at radius 2 is 2.25 bits per heavy atom. The molecule has 16 heavy (non-hydrogen) atoms. The monoisotopic (exact) mass is 275 g/mol. The van der Waals surface area contributed by atoms with Crippen LogP contribution in [0.1, 0.15) is 12.8 Å². The SMILES string of the molecule is Clc1ccc(Cl)c(SCC2CCCNC2)c1. The van der Waals surface area contributed by atoms with Crippen LogP contribution in [0.2, 0.25) is 10.0 Å². The smallest absolute Gasteiger partial charge is 0.0542 e. The van der Waals surface area contributed by atoms with Gasteiger partial charge in [0.25, 0.3) is 0 Å². The van der Waals surface area contributed by atoms with Gasteiger partial charge in [0.05, 0.1) is 5.02 Å². The molecule has 1 aliphatic rings. The Labute approximate surface area is 111 Å². The fourth-order valence-corrected chi connectivity index (χ4v) is 3.50. The first-order chi connectivity index (χ1) is 7.75. The van der Waals surface area contributed by atoms with Gasteiger partial charge in [-0.1, -0.05) is 23.2 Å². The number of hydrogen-bond donors (Lipinski definition) is 1. The van der Waals surface area contributed by atoms with Crippen molar-refractivity contribution in [2.24, 2.45) is 5.92 Å². The van der Waals surface area contributed by atoms with E-state index >= 15 is 0 Å². The topological polar surface area (TPSA) is 12.0 Å². The predicted octanol–water partition coefficient (Wildman–Crippen LogP) is 4.09. The van der Waals surface area contributed by atoms with Crippen LogP contribution in [0.4, 0.5) is 0 Å². The van der Waals surface area contributed by atoms with Gasteiger partial charge in [-0.05, 0) is 50.0 Å². The molecule has 0 aliphatic carbocycles. The van der Waals surface area contributed by atoms with Crippen LogP contribution in [-0.2, 0) is 0 Å². The summed E-state index contributed by atoms with van der Waals surface area (Å²) < 4.78 is 0. The molecule has 0 bridgehead atoms. The Bertz CT molecular complexity index is 351. The van der Waals surface area contributed by atoms with Gasteiger partial charge in [-0.3, -0.25) is 0 Å². The highest BCUT2D eigenvalue weighted by atomic mass is 35.5. The van der Waals surface area contributed by atoms with Gasteiger partial charge in [0.1, 0.15) is 0 Å². The standard InChI is InChI=1S/C12H15Cl2NS/c13-10-3-4-11(14)12(6-10)16-8-9-2-1-5-15-7-9/h3-4,6,9,15H,1-2,5,7-8H2. The van der Waals surface area contributed by atoms with Crippen LogP contribution in [0.3, 0.4) is 0 Å². The number of nitrogens with one attached hydrogen (secondary N) is 1. The lowest BCUT2D eigenvalue weighted by Gasteiger charge is -2.22. The van der Waals surface area contributed by atoms with Gasteiger partial charge in [-0.25, -0.2) is 0 Å². The van der Waals surface area contributed by atoms with Crippen molar-refractivity contribution in [2.75, 3.05) is 18.8 Å². The molecule has 0 radical (unpaired) electrons. The van der Waals surface area contributed by atoms with Crippen LogP contribution < -0.4 is 5.32 Å². The second kappa shape index (κ2) is 6.15. The van der Waals surface area contributed by atoms with Gasteiger partial charge in [-0.2, -0.15) is 0 Å². The first-order valence-electron chi connectivity index (χ1n) is 5.54. The average Bonchev–Trinajstić information content (AvgIpc) is 2.32. The molecule has 2 rings (SSSR count). The third-order valence-corrected chi connectivity index (χ3v) is 4.73. The zero-order valence-corrected chi connectivity index (χ0v) is 11.3. The van der Waals surface area contributed by atoms with Crippen LogP contribution >= 0.6 is 35.0 Å². The second-order valence-corrected chi connectivity index (χ2v) is 6.00. The first-order valence-corrected chi connectivity index (χ1v) is 7.28. The Morgan fingerprint density at radius 3 is 3.00 bits per heavy atom. The third-order valence-electron chi connectivity index (χ3n) is 2.77. The summed E-state index contributed by atoms with van der Waals surface area (Å²) in [5.74, 6) is 1.88. The van der Waals surface area contributed by atoms with E-state index in [1.165, 1.54) is 19.4 Å².